The first-order chi connectivity index (χ1) is 9.81. The predicted octanol–water partition coefficient (Wildman–Crippen LogP) is 3.20. The van der Waals surface area contributed by atoms with Crippen molar-refractivity contribution in [3.05, 3.63) is 28.2 Å². The third-order valence-corrected chi connectivity index (χ3v) is 3.87. The van der Waals surface area contributed by atoms with E-state index in [1.54, 1.807) is 30.1 Å². The fourth-order valence-corrected chi connectivity index (χ4v) is 1.97. The highest BCUT2D eigenvalue weighted by Crippen LogP contribution is 2.27. The Morgan fingerprint density at radius 3 is 2.67 bits per heavy atom. The number of ether oxygens (including phenoxy) is 1. The number of rotatable bonds is 7. The van der Waals surface area contributed by atoms with Gasteiger partial charge in [-0.05, 0) is 24.5 Å². The Hall–Kier alpha value is -0.970. The van der Waals surface area contributed by atoms with E-state index < -0.39 is 0 Å². The van der Waals surface area contributed by atoms with Gasteiger partial charge in [-0.2, -0.15) is 0 Å². The fraction of sp³-hybridized carbons (Fsp3) is 0.533. The van der Waals surface area contributed by atoms with Crippen molar-refractivity contribution in [2.24, 2.45) is 11.7 Å². The van der Waals surface area contributed by atoms with Crippen LogP contribution < -0.4 is 10.5 Å². The van der Waals surface area contributed by atoms with Crippen molar-refractivity contribution in [2.45, 2.75) is 26.3 Å². The molecule has 1 rings (SSSR count). The van der Waals surface area contributed by atoms with Crippen LogP contribution in [0.3, 0.4) is 0 Å². The molecular weight excluding hydrogens is 311 g/mol. The van der Waals surface area contributed by atoms with Crippen LogP contribution in [0.5, 0.6) is 5.75 Å². The molecule has 0 spiro atoms. The van der Waals surface area contributed by atoms with Crippen LogP contribution in [0.1, 0.15) is 20.3 Å². The van der Waals surface area contributed by atoms with Gasteiger partial charge in [0.15, 0.2) is 6.61 Å². The summed E-state index contributed by atoms with van der Waals surface area (Å²) in [6, 6.07) is 4.97. The topological polar surface area (TPSA) is 55.6 Å². The van der Waals surface area contributed by atoms with Gasteiger partial charge in [-0.15, -0.1) is 0 Å². The van der Waals surface area contributed by atoms with Gasteiger partial charge in [0.2, 0.25) is 0 Å². The number of carbonyl (C=O) groups is 1. The maximum Gasteiger partial charge on any atom is 0.260 e. The average molecular weight is 333 g/mol. The van der Waals surface area contributed by atoms with Gasteiger partial charge in [-0.3, -0.25) is 4.79 Å². The van der Waals surface area contributed by atoms with Gasteiger partial charge in [0.05, 0.1) is 5.02 Å². The summed E-state index contributed by atoms with van der Waals surface area (Å²) in [4.78, 5) is 13.6. The molecule has 0 saturated heterocycles. The van der Waals surface area contributed by atoms with Crippen molar-refractivity contribution in [3.63, 3.8) is 0 Å². The summed E-state index contributed by atoms with van der Waals surface area (Å²) in [5.41, 5.74) is 5.97. The monoisotopic (exact) mass is 332 g/mol. The highest BCUT2D eigenvalue weighted by atomic mass is 35.5. The van der Waals surface area contributed by atoms with E-state index in [1.165, 1.54) is 0 Å². The van der Waals surface area contributed by atoms with Crippen molar-refractivity contribution in [3.8, 4) is 5.75 Å². The second-order valence-corrected chi connectivity index (χ2v) is 6.22. The Morgan fingerprint density at radius 1 is 1.38 bits per heavy atom. The van der Waals surface area contributed by atoms with Crippen LogP contribution >= 0.6 is 23.2 Å². The molecular formula is C15H22Cl2N2O2. The number of halogens is 2. The molecule has 6 heteroatoms. The number of likely N-dealkylation sites (N-methyl/N-ethyl adjacent to an activating group) is 1. The minimum Gasteiger partial charge on any atom is -0.482 e. The summed E-state index contributed by atoms with van der Waals surface area (Å²) in [6.45, 7) is 4.66. The molecule has 118 valence electrons. The number of nitrogens with zero attached hydrogens (tertiary/aromatic N) is 1. The third kappa shape index (κ3) is 6.12. The summed E-state index contributed by atoms with van der Waals surface area (Å²) >= 11 is 11.8. The van der Waals surface area contributed by atoms with Crippen LogP contribution in [0.4, 0.5) is 0 Å². The maximum absolute atomic E-state index is 12.0. The van der Waals surface area contributed by atoms with Gasteiger partial charge in [0, 0.05) is 30.7 Å². The second-order valence-electron chi connectivity index (χ2n) is 5.38. The van der Waals surface area contributed by atoms with Crippen LogP contribution in [-0.4, -0.2) is 37.0 Å². The molecule has 0 radical (unpaired) electrons. The first-order valence-electron chi connectivity index (χ1n) is 6.88. The van der Waals surface area contributed by atoms with Crippen molar-refractivity contribution < 1.29 is 9.53 Å². The van der Waals surface area contributed by atoms with E-state index in [9.17, 15) is 4.79 Å². The van der Waals surface area contributed by atoms with Crippen LogP contribution in [0, 0.1) is 5.92 Å². The summed E-state index contributed by atoms with van der Waals surface area (Å²) < 4.78 is 5.42. The van der Waals surface area contributed by atoms with Gasteiger partial charge < -0.3 is 15.4 Å². The SMILES string of the molecule is CC(C)C(N)CCN(C)C(=O)COc1cc(Cl)ccc1Cl. The zero-order chi connectivity index (χ0) is 16.0. The Bertz CT molecular complexity index is 481. The Balaban J connectivity index is 2.44. The average Bonchev–Trinajstić information content (AvgIpc) is 2.44. The summed E-state index contributed by atoms with van der Waals surface area (Å²) in [5, 5.41) is 0.940. The molecule has 1 unspecified atom stereocenters. The van der Waals surface area contributed by atoms with Gasteiger partial charge in [-0.1, -0.05) is 37.0 Å². The van der Waals surface area contributed by atoms with E-state index in [-0.39, 0.29) is 18.6 Å². The number of amides is 1. The van der Waals surface area contributed by atoms with Crippen molar-refractivity contribution in [2.75, 3.05) is 20.2 Å². The van der Waals surface area contributed by atoms with E-state index in [1.807, 2.05) is 0 Å². The molecule has 0 heterocycles. The number of nitrogens with two attached hydrogens (primary N) is 1. The molecule has 21 heavy (non-hydrogen) atoms. The number of hydrogen-bond acceptors (Lipinski definition) is 3. The maximum atomic E-state index is 12.0. The molecule has 0 fully saturated rings. The predicted molar refractivity (Wildman–Crippen MR) is 87.0 cm³/mol. The molecule has 1 aromatic rings. The number of hydrogen-bond donors (Lipinski definition) is 1. The minimum atomic E-state index is -0.123. The van der Waals surface area contributed by atoms with Crippen LogP contribution in [0.25, 0.3) is 0 Å². The van der Waals surface area contributed by atoms with Crippen molar-refractivity contribution >= 4 is 29.1 Å². The molecule has 0 aliphatic carbocycles. The van der Waals surface area contributed by atoms with Gasteiger partial charge in [-0.25, -0.2) is 0 Å². The second kappa shape index (κ2) is 8.47. The van der Waals surface area contributed by atoms with E-state index in [0.717, 1.165) is 6.42 Å². The molecule has 0 bridgehead atoms. The Kier molecular flexibility index (Phi) is 7.29. The first-order valence-corrected chi connectivity index (χ1v) is 7.64. The van der Waals surface area contributed by atoms with E-state index in [4.69, 9.17) is 33.7 Å². The molecule has 4 nitrogen and oxygen atoms in total. The lowest BCUT2D eigenvalue weighted by Gasteiger charge is -2.21. The third-order valence-electron chi connectivity index (χ3n) is 3.32. The lowest BCUT2D eigenvalue weighted by atomic mass is 10.0. The Labute approximate surface area is 136 Å². The normalized spacial score (nSPS) is 12.3. The summed E-state index contributed by atoms with van der Waals surface area (Å²) in [7, 11) is 1.73. The minimum absolute atomic E-state index is 0.0759. The lowest BCUT2D eigenvalue weighted by Crippen LogP contribution is -2.36. The van der Waals surface area contributed by atoms with E-state index in [0.29, 0.717) is 28.3 Å². The highest BCUT2D eigenvalue weighted by Gasteiger charge is 2.14. The smallest absolute Gasteiger partial charge is 0.260 e. The first kappa shape index (κ1) is 18.1. The van der Waals surface area contributed by atoms with Gasteiger partial charge in [0.25, 0.3) is 5.91 Å². The number of benzene rings is 1. The number of carbonyl (C=O) groups excluding carboxylic acids is 1. The van der Waals surface area contributed by atoms with Crippen molar-refractivity contribution in [1.29, 1.82) is 0 Å². The molecule has 1 aromatic carbocycles. The lowest BCUT2D eigenvalue weighted by molar-refractivity contribution is -0.132. The fourth-order valence-electron chi connectivity index (χ4n) is 1.64. The standard InChI is InChI=1S/C15H22Cl2N2O2/c1-10(2)13(18)6-7-19(3)15(20)9-21-14-8-11(16)4-5-12(14)17/h4-5,8,10,13H,6-7,9,18H2,1-3H3. The van der Waals surface area contributed by atoms with Gasteiger partial charge >= 0.3 is 0 Å². The largest absolute Gasteiger partial charge is 0.482 e. The van der Waals surface area contributed by atoms with Crippen LogP contribution in [0.2, 0.25) is 10.0 Å². The van der Waals surface area contributed by atoms with Crippen LogP contribution in [0.15, 0.2) is 18.2 Å². The molecule has 1 atom stereocenters. The zero-order valence-corrected chi connectivity index (χ0v) is 14.1. The quantitative estimate of drug-likeness (QED) is 0.834. The molecule has 0 aliphatic rings. The molecule has 0 saturated carbocycles. The summed E-state index contributed by atoms with van der Waals surface area (Å²) in [6.07, 6.45) is 0.762. The molecule has 2 N–H and O–H groups in total. The van der Waals surface area contributed by atoms with Crippen molar-refractivity contribution in [1.82, 2.24) is 4.90 Å². The highest BCUT2D eigenvalue weighted by molar-refractivity contribution is 6.34. The zero-order valence-electron chi connectivity index (χ0n) is 12.6. The van der Waals surface area contributed by atoms with Crippen LogP contribution in [-0.2, 0) is 4.79 Å². The molecule has 0 aliphatic heterocycles. The molecule has 1 amide bonds. The molecule has 0 aromatic heterocycles. The van der Waals surface area contributed by atoms with E-state index >= 15 is 0 Å². The van der Waals surface area contributed by atoms with E-state index in [2.05, 4.69) is 13.8 Å². The Morgan fingerprint density at radius 2 is 2.05 bits per heavy atom. The summed E-state index contributed by atoms with van der Waals surface area (Å²) in [5.74, 6) is 0.682. The van der Waals surface area contributed by atoms with Gasteiger partial charge in [0.1, 0.15) is 5.75 Å².